The van der Waals surface area contributed by atoms with Crippen LogP contribution in [-0.2, 0) is 6.54 Å². The van der Waals surface area contributed by atoms with Gasteiger partial charge in [-0.1, -0.05) is 6.07 Å². The molecule has 0 unspecified atom stereocenters. The van der Waals surface area contributed by atoms with E-state index in [1.54, 1.807) is 34.7 Å². The minimum atomic E-state index is -0.331. The van der Waals surface area contributed by atoms with Gasteiger partial charge in [0, 0.05) is 17.3 Å². The summed E-state index contributed by atoms with van der Waals surface area (Å²) < 4.78 is 13.9. The minimum absolute atomic E-state index is 0.124. The highest BCUT2D eigenvalue weighted by Crippen LogP contribution is 2.22. The first-order valence-corrected chi connectivity index (χ1v) is 8.57. The lowest BCUT2D eigenvalue weighted by molar-refractivity contribution is 0.0985. The van der Waals surface area contributed by atoms with E-state index in [9.17, 15) is 9.18 Å². The lowest BCUT2D eigenvalue weighted by atomic mass is 10.2. The Bertz CT molecular complexity index is 788. The monoisotopic (exact) mass is 390 g/mol. The van der Waals surface area contributed by atoms with Gasteiger partial charge in [0.25, 0.3) is 5.91 Å². The Kier molecular flexibility index (Phi) is 4.83. The Morgan fingerprint density at radius 3 is 2.57 bits per heavy atom. The first kappa shape index (κ1) is 15.8. The third-order valence-corrected chi connectivity index (χ3v) is 4.43. The summed E-state index contributed by atoms with van der Waals surface area (Å²) in [6.45, 7) is 0.362. The molecule has 1 amide bonds. The zero-order valence-electron chi connectivity index (χ0n) is 11.9. The van der Waals surface area contributed by atoms with E-state index in [1.165, 1.54) is 23.5 Å². The molecule has 2 aromatic heterocycles. The van der Waals surface area contributed by atoms with Gasteiger partial charge >= 0.3 is 0 Å². The average Bonchev–Trinajstić information content (AvgIpc) is 3.09. The molecule has 6 heteroatoms. The predicted molar refractivity (Wildman–Crippen MR) is 93.2 cm³/mol. The van der Waals surface area contributed by atoms with E-state index in [0.717, 1.165) is 10.2 Å². The van der Waals surface area contributed by atoms with Gasteiger partial charge in [0.1, 0.15) is 10.4 Å². The molecular formula is C17H12BrFN2OS. The molecule has 0 atom stereocenters. The van der Waals surface area contributed by atoms with E-state index < -0.39 is 0 Å². The number of benzene rings is 1. The van der Waals surface area contributed by atoms with Crippen LogP contribution in [0.4, 0.5) is 10.1 Å². The molecule has 0 N–H and O–H groups in total. The largest absolute Gasteiger partial charge is 0.304 e. The third kappa shape index (κ3) is 3.83. The number of hydrogen-bond donors (Lipinski definition) is 0. The number of nitrogens with zero attached hydrogens (tertiary/aromatic N) is 2. The Morgan fingerprint density at radius 2 is 1.96 bits per heavy atom. The van der Waals surface area contributed by atoms with Gasteiger partial charge in [-0.05, 0) is 63.3 Å². The maximum absolute atomic E-state index is 13.2. The summed E-state index contributed by atoms with van der Waals surface area (Å²) in [6.07, 6.45) is 1.71. The average molecular weight is 391 g/mol. The summed E-state index contributed by atoms with van der Waals surface area (Å²) in [4.78, 5) is 18.6. The molecule has 3 rings (SSSR count). The smallest absolute Gasteiger partial charge is 0.259 e. The van der Waals surface area contributed by atoms with Crippen molar-refractivity contribution < 1.29 is 9.18 Å². The van der Waals surface area contributed by atoms with Crippen molar-refractivity contribution in [2.75, 3.05) is 4.90 Å². The first-order chi connectivity index (χ1) is 11.1. The van der Waals surface area contributed by atoms with Gasteiger partial charge in [-0.15, -0.1) is 0 Å². The molecule has 0 saturated heterocycles. The van der Waals surface area contributed by atoms with Crippen LogP contribution in [0.25, 0.3) is 0 Å². The summed E-state index contributed by atoms with van der Waals surface area (Å²) in [5.74, 6) is -0.456. The zero-order valence-corrected chi connectivity index (χ0v) is 14.3. The molecule has 0 aliphatic carbocycles. The Hall–Kier alpha value is -2.05. The normalized spacial score (nSPS) is 10.5. The van der Waals surface area contributed by atoms with E-state index in [0.29, 0.717) is 17.8 Å². The molecule has 23 heavy (non-hydrogen) atoms. The standard InChI is InChI=1S/C17H12BrFN2OS/c18-16-6-1-12(9-20-16)10-21(15-4-2-14(19)3-5-15)17(22)13-7-8-23-11-13/h1-9,11H,10H2. The second kappa shape index (κ2) is 7.02. The summed E-state index contributed by atoms with van der Waals surface area (Å²) in [6, 6.07) is 11.4. The molecule has 0 bridgehead atoms. The molecular weight excluding hydrogens is 379 g/mol. The van der Waals surface area contributed by atoms with Crippen molar-refractivity contribution in [3.8, 4) is 0 Å². The number of halogens is 2. The topological polar surface area (TPSA) is 33.2 Å². The highest BCUT2D eigenvalue weighted by Gasteiger charge is 2.18. The van der Waals surface area contributed by atoms with Crippen LogP contribution in [0, 0.1) is 5.82 Å². The van der Waals surface area contributed by atoms with Crippen LogP contribution in [-0.4, -0.2) is 10.9 Å². The summed E-state index contributed by atoms with van der Waals surface area (Å²) in [5, 5.41) is 3.66. The van der Waals surface area contributed by atoms with Crippen LogP contribution < -0.4 is 4.90 Å². The Labute approximate surface area is 145 Å². The van der Waals surface area contributed by atoms with Crippen molar-refractivity contribution in [1.29, 1.82) is 0 Å². The van der Waals surface area contributed by atoms with Crippen molar-refractivity contribution in [2.45, 2.75) is 6.54 Å². The number of rotatable bonds is 4. The van der Waals surface area contributed by atoms with Gasteiger partial charge < -0.3 is 4.90 Å². The van der Waals surface area contributed by atoms with Crippen molar-refractivity contribution in [2.24, 2.45) is 0 Å². The van der Waals surface area contributed by atoms with E-state index in [2.05, 4.69) is 20.9 Å². The van der Waals surface area contributed by atoms with Crippen molar-refractivity contribution in [3.63, 3.8) is 0 Å². The fourth-order valence-corrected chi connectivity index (χ4v) is 2.99. The number of aromatic nitrogens is 1. The van der Waals surface area contributed by atoms with Crippen LogP contribution >= 0.6 is 27.3 Å². The highest BCUT2D eigenvalue weighted by atomic mass is 79.9. The number of thiophene rings is 1. The minimum Gasteiger partial charge on any atom is -0.304 e. The number of hydrogen-bond acceptors (Lipinski definition) is 3. The van der Waals surface area contributed by atoms with Gasteiger partial charge in [0.15, 0.2) is 0 Å². The van der Waals surface area contributed by atoms with Crippen LogP contribution in [0.15, 0.2) is 64.0 Å². The summed E-state index contributed by atoms with van der Waals surface area (Å²) in [7, 11) is 0. The molecule has 1 aromatic carbocycles. The van der Waals surface area contributed by atoms with Crippen LogP contribution in [0.1, 0.15) is 15.9 Å². The molecule has 3 nitrogen and oxygen atoms in total. The van der Waals surface area contributed by atoms with Crippen molar-refractivity contribution in [3.05, 3.63) is 81.0 Å². The van der Waals surface area contributed by atoms with Gasteiger partial charge in [-0.3, -0.25) is 4.79 Å². The van der Waals surface area contributed by atoms with Crippen molar-refractivity contribution >= 4 is 38.9 Å². The molecule has 0 fully saturated rings. The van der Waals surface area contributed by atoms with E-state index in [1.807, 2.05) is 17.5 Å². The lowest BCUT2D eigenvalue weighted by Gasteiger charge is -2.22. The summed E-state index contributed by atoms with van der Waals surface area (Å²) >= 11 is 4.76. The molecule has 3 aromatic rings. The fourth-order valence-electron chi connectivity index (χ4n) is 2.13. The highest BCUT2D eigenvalue weighted by molar-refractivity contribution is 9.10. The second-order valence-electron chi connectivity index (χ2n) is 4.87. The zero-order chi connectivity index (χ0) is 16.2. The predicted octanol–water partition coefficient (Wildman–Crippen LogP) is 4.89. The number of pyridine rings is 1. The number of carbonyl (C=O) groups is 1. The van der Waals surface area contributed by atoms with E-state index in [-0.39, 0.29) is 11.7 Å². The van der Waals surface area contributed by atoms with Crippen LogP contribution in [0.2, 0.25) is 0 Å². The molecule has 0 radical (unpaired) electrons. The molecule has 0 aliphatic heterocycles. The number of amides is 1. The Morgan fingerprint density at radius 1 is 1.17 bits per heavy atom. The number of anilines is 1. The van der Waals surface area contributed by atoms with Gasteiger partial charge in [0.2, 0.25) is 0 Å². The fraction of sp³-hybridized carbons (Fsp3) is 0.0588. The summed E-state index contributed by atoms with van der Waals surface area (Å²) in [5.41, 5.74) is 2.15. The lowest BCUT2D eigenvalue weighted by Crippen LogP contribution is -2.30. The quantitative estimate of drug-likeness (QED) is 0.594. The molecule has 0 aliphatic rings. The molecule has 0 saturated carbocycles. The third-order valence-electron chi connectivity index (χ3n) is 3.28. The SMILES string of the molecule is O=C(c1ccsc1)N(Cc1ccc(Br)nc1)c1ccc(F)cc1. The van der Waals surface area contributed by atoms with Gasteiger partial charge in [-0.25, -0.2) is 9.37 Å². The van der Waals surface area contributed by atoms with E-state index >= 15 is 0 Å². The molecule has 2 heterocycles. The van der Waals surface area contributed by atoms with E-state index in [4.69, 9.17) is 0 Å². The molecule has 0 spiro atoms. The van der Waals surface area contributed by atoms with Crippen LogP contribution in [0.3, 0.4) is 0 Å². The molecule has 116 valence electrons. The van der Waals surface area contributed by atoms with Gasteiger partial charge in [0.05, 0.1) is 12.1 Å². The number of carbonyl (C=O) groups excluding carboxylic acids is 1. The maximum atomic E-state index is 13.2. The second-order valence-corrected chi connectivity index (χ2v) is 6.46. The van der Waals surface area contributed by atoms with Crippen LogP contribution in [0.5, 0.6) is 0 Å². The van der Waals surface area contributed by atoms with Gasteiger partial charge in [-0.2, -0.15) is 11.3 Å². The Balaban J connectivity index is 1.94. The maximum Gasteiger partial charge on any atom is 0.259 e. The first-order valence-electron chi connectivity index (χ1n) is 6.83. The van der Waals surface area contributed by atoms with Crippen molar-refractivity contribution in [1.82, 2.24) is 4.98 Å².